The number of rotatable bonds is 6. The third kappa shape index (κ3) is 5.43. The third-order valence-electron chi connectivity index (χ3n) is 10.1. The van der Waals surface area contributed by atoms with Gasteiger partial charge in [-0.15, -0.1) is 0 Å². The summed E-state index contributed by atoms with van der Waals surface area (Å²) >= 11 is 0. The van der Waals surface area contributed by atoms with Gasteiger partial charge in [-0.2, -0.15) is 4.67 Å². The molecular formula is C41H41NO2P2. The van der Waals surface area contributed by atoms with Crippen molar-refractivity contribution in [2.24, 2.45) is 0 Å². The molecular weight excluding hydrogens is 600 g/mol. The second kappa shape index (κ2) is 12.9. The fourth-order valence-corrected chi connectivity index (χ4v) is 11.5. The average molecular weight is 642 g/mol. The zero-order valence-corrected chi connectivity index (χ0v) is 28.6. The number of benzene rings is 5. The summed E-state index contributed by atoms with van der Waals surface area (Å²) in [4.78, 5) is 0. The Morgan fingerprint density at radius 1 is 0.587 bits per heavy atom. The predicted octanol–water partition coefficient (Wildman–Crippen LogP) is 10.1. The molecule has 5 aromatic carbocycles. The van der Waals surface area contributed by atoms with Crippen molar-refractivity contribution < 1.29 is 8.39 Å². The molecule has 1 aromatic heterocycles. The first-order valence-electron chi connectivity index (χ1n) is 16.8. The number of hydrogen-bond donors (Lipinski definition) is 0. The van der Waals surface area contributed by atoms with Gasteiger partial charge in [0.2, 0.25) is 0 Å². The number of aryl methyl sites for hydroxylation is 4. The number of hydrogen-bond acceptors (Lipinski definition) is 3. The Morgan fingerprint density at radius 2 is 1.07 bits per heavy atom. The Bertz CT molecular complexity index is 1940. The molecule has 0 amide bonds. The maximum atomic E-state index is 7.04. The first-order valence-corrected chi connectivity index (χ1v) is 19.3. The molecule has 1 heterocycles. The monoisotopic (exact) mass is 641 g/mol. The first-order chi connectivity index (χ1) is 22.7. The third-order valence-corrected chi connectivity index (χ3v) is 14.2. The second-order valence-corrected chi connectivity index (χ2v) is 16.5. The number of nitrogens with zero attached hydrogens (tertiary/aromatic N) is 1. The van der Waals surface area contributed by atoms with Crippen molar-refractivity contribution in [3.8, 4) is 0 Å². The highest BCUT2D eigenvalue weighted by Crippen LogP contribution is 2.45. The molecule has 0 aliphatic heterocycles. The highest BCUT2D eigenvalue weighted by Gasteiger charge is 2.27. The molecule has 0 saturated carbocycles. The fraction of sp³-hybridized carbons (Fsp3) is 0.268. The van der Waals surface area contributed by atoms with E-state index in [1.54, 1.807) is 0 Å². The molecule has 232 valence electrons. The van der Waals surface area contributed by atoms with Crippen LogP contribution in [-0.4, -0.2) is 7.05 Å². The SMILES string of the molecule is CC(c1ccccc1P(c1ccccc1)c1ccccc1)N(C)p1oc2ccc3c(c2c2c4c(ccc2o1)CCCC4)CCCC3. The lowest BCUT2D eigenvalue weighted by atomic mass is 9.84. The lowest BCUT2D eigenvalue weighted by molar-refractivity contribution is 0.611. The van der Waals surface area contributed by atoms with Gasteiger partial charge < -0.3 is 8.39 Å². The van der Waals surface area contributed by atoms with E-state index in [1.807, 2.05) is 0 Å². The largest absolute Gasteiger partial charge is 0.408 e. The summed E-state index contributed by atoms with van der Waals surface area (Å²) in [5, 5.41) is 6.72. The van der Waals surface area contributed by atoms with E-state index in [4.69, 9.17) is 8.39 Å². The van der Waals surface area contributed by atoms with Crippen LogP contribution in [0.2, 0.25) is 0 Å². The Kier molecular flexibility index (Phi) is 8.34. The average Bonchev–Trinajstić information content (AvgIpc) is 3.30. The van der Waals surface area contributed by atoms with Gasteiger partial charge in [-0.3, -0.25) is 0 Å². The lowest BCUT2D eigenvalue weighted by Crippen LogP contribution is -2.28. The van der Waals surface area contributed by atoms with Gasteiger partial charge in [0.05, 0.1) is 0 Å². The molecule has 3 nitrogen and oxygen atoms in total. The molecule has 2 aliphatic carbocycles. The molecule has 0 radical (unpaired) electrons. The van der Waals surface area contributed by atoms with Crippen LogP contribution >= 0.6 is 16.1 Å². The van der Waals surface area contributed by atoms with Crippen LogP contribution in [0.4, 0.5) is 0 Å². The molecule has 2 aliphatic rings. The summed E-state index contributed by atoms with van der Waals surface area (Å²) in [5.41, 5.74) is 9.26. The molecule has 0 bridgehead atoms. The normalized spacial score (nSPS) is 15.2. The molecule has 6 aromatic rings. The first kappa shape index (κ1) is 29.8. The second-order valence-electron chi connectivity index (χ2n) is 12.8. The highest BCUT2D eigenvalue weighted by molar-refractivity contribution is 7.79. The summed E-state index contributed by atoms with van der Waals surface area (Å²) in [5.74, 6) is 0. The van der Waals surface area contributed by atoms with E-state index in [0.717, 1.165) is 36.8 Å². The van der Waals surface area contributed by atoms with Gasteiger partial charge in [0.1, 0.15) is 11.2 Å². The minimum Gasteiger partial charge on any atom is -0.408 e. The quantitative estimate of drug-likeness (QED) is 0.170. The minimum absolute atomic E-state index is 0.0694. The molecule has 0 saturated heterocycles. The van der Waals surface area contributed by atoms with Crippen LogP contribution in [0.15, 0.2) is 118 Å². The summed E-state index contributed by atoms with van der Waals surface area (Å²) in [6.07, 6.45) is 9.56. The van der Waals surface area contributed by atoms with Gasteiger partial charge in [-0.25, -0.2) is 0 Å². The van der Waals surface area contributed by atoms with Crippen LogP contribution in [-0.2, 0) is 25.7 Å². The van der Waals surface area contributed by atoms with Crippen LogP contribution in [0.1, 0.15) is 66.5 Å². The van der Waals surface area contributed by atoms with Gasteiger partial charge in [0, 0.05) is 23.9 Å². The maximum Gasteiger partial charge on any atom is 0.309 e. The van der Waals surface area contributed by atoms with Gasteiger partial charge in [-0.1, -0.05) is 97.1 Å². The van der Waals surface area contributed by atoms with Crippen LogP contribution in [0.25, 0.3) is 21.9 Å². The summed E-state index contributed by atoms with van der Waals surface area (Å²) in [6, 6.07) is 40.2. The fourth-order valence-electron chi connectivity index (χ4n) is 7.60. The zero-order valence-electron chi connectivity index (χ0n) is 26.8. The standard InChI is InChI=1S/C41H41NO2P2/c1-29(34-21-13-14-24-39(34)45(32-17-5-3-6-18-32)33-19-7-4-8-20-33)42(2)46-43-37-27-25-30-15-9-11-22-35(30)40(37)41-36-23-12-10-16-31(36)26-28-38(41)44-46/h3-8,13-14,17-21,24-29H,9-12,15-16,22-23H2,1-2H3. The van der Waals surface area contributed by atoms with Crippen molar-refractivity contribution in [1.82, 2.24) is 0 Å². The molecule has 1 unspecified atom stereocenters. The summed E-state index contributed by atoms with van der Waals surface area (Å²) in [7, 11) is 0.0164. The van der Waals surface area contributed by atoms with Crippen molar-refractivity contribution in [2.45, 2.75) is 64.3 Å². The van der Waals surface area contributed by atoms with E-state index < -0.39 is 16.1 Å². The Morgan fingerprint density at radius 3 is 1.61 bits per heavy atom. The molecule has 0 fully saturated rings. The lowest BCUT2D eigenvalue weighted by Gasteiger charge is -2.28. The van der Waals surface area contributed by atoms with Crippen molar-refractivity contribution >= 4 is 53.9 Å². The highest BCUT2D eigenvalue weighted by atomic mass is 31.1. The molecule has 5 heteroatoms. The van der Waals surface area contributed by atoms with E-state index >= 15 is 0 Å². The van der Waals surface area contributed by atoms with E-state index in [2.05, 4.69) is 128 Å². The summed E-state index contributed by atoms with van der Waals surface area (Å²) < 4.78 is 16.4. The van der Waals surface area contributed by atoms with Crippen LogP contribution < -0.4 is 20.6 Å². The van der Waals surface area contributed by atoms with E-state index in [-0.39, 0.29) is 6.04 Å². The topological polar surface area (TPSA) is 29.5 Å². The Labute approximate surface area is 274 Å². The Hall–Kier alpha value is -3.61. The van der Waals surface area contributed by atoms with Crippen LogP contribution in [0, 0.1) is 0 Å². The number of fused-ring (bicyclic) bond motifs is 7. The van der Waals surface area contributed by atoms with E-state index in [1.165, 1.54) is 80.2 Å². The molecule has 1 atom stereocenters. The molecule has 46 heavy (non-hydrogen) atoms. The predicted molar refractivity (Wildman–Crippen MR) is 197 cm³/mol. The maximum absolute atomic E-state index is 7.04. The van der Waals surface area contributed by atoms with E-state index in [0.29, 0.717) is 0 Å². The van der Waals surface area contributed by atoms with Gasteiger partial charge in [-0.05, 0) is 122 Å². The zero-order chi connectivity index (χ0) is 31.0. The van der Waals surface area contributed by atoms with Gasteiger partial charge in [0.25, 0.3) is 0 Å². The van der Waals surface area contributed by atoms with Gasteiger partial charge >= 0.3 is 8.16 Å². The van der Waals surface area contributed by atoms with Crippen molar-refractivity contribution in [1.29, 1.82) is 0 Å². The van der Waals surface area contributed by atoms with E-state index in [9.17, 15) is 0 Å². The van der Waals surface area contributed by atoms with Crippen molar-refractivity contribution in [3.63, 3.8) is 0 Å². The van der Waals surface area contributed by atoms with Crippen molar-refractivity contribution in [3.05, 3.63) is 137 Å². The molecule has 0 spiro atoms. The van der Waals surface area contributed by atoms with Crippen LogP contribution in [0.5, 0.6) is 0 Å². The van der Waals surface area contributed by atoms with Crippen molar-refractivity contribution in [2.75, 3.05) is 11.7 Å². The Balaban J connectivity index is 1.30. The summed E-state index contributed by atoms with van der Waals surface area (Å²) in [6.45, 7) is 2.31. The smallest absolute Gasteiger partial charge is 0.309 e. The van der Waals surface area contributed by atoms with Crippen LogP contribution in [0.3, 0.4) is 0 Å². The molecule has 8 rings (SSSR count). The van der Waals surface area contributed by atoms with Gasteiger partial charge in [0.15, 0.2) is 0 Å². The minimum atomic E-state index is -1.42. The molecule has 0 N–H and O–H groups in total.